The second kappa shape index (κ2) is 8.55. The fourth-order valence-electron chi connectivity index (χ4n) is 6.84. The van der Waals surface area contributed by atoms with Crippen molar-refractivity contribution in [3.63, 3.8) is 0 Å². The first-order valence-electron chi connectivity index (χ1n) is 14.1. The number of rotatable bonds is 2. The van der Waals surface area contributed by atoms with Gasteiger partial charge < -0.3 is 4.42 Å². The molecule has 1 aromatic heterocycles. The molecule has 0 saturated heterocycles. The molecule has 1 heterocycles. The summed E-state index contributed by atoms with van der Waals surface area (Å²) in [4.78, 5) is 0. The maximum atomic E-state index is 6.60. The van der Waals surface area contributed by atoms with Gasteiger partial charge in [0.05, 0.1) is 0 Å². The molecule has 41 heavy (non-hydrogen) atoms. The minimum absolute atomic E-state index is 0.917. The van der Waals surface area contributed by atoms with Crippen LogP contribution in [0.2, 0.25) is 0 Å². The molecule has 8 aromatic carbocycles. The monoisotopic (exact) mass is 520 g/mol. The van der Waals surface area contributed by atoms with Gasteiger partial charge in [0.25, 0.3) is 0 Å². The van der Waals surface area contributed by atoms with Gasteiger partial charge in [-0.2, -0.15) is 0 Å². The number of furan rings is 1. The molecule has 9 rings (SSSR count). The van der Waals surface area contributed by atoms with E-state index in [-0.39, 0.29) is 0 Å². The summed E-state index contributed by atoms with van der Waals surface area (Å²) in [6.45, 7) is 0. The predicted molar refractivity (Wildman–Crippen MR) is 175 cm³/mol. The van der Waals surface area contributed by atoms with E-state index in [4.69, 9.17) is 4.42 Å². The van der Waals surface area contributed by atoms with E-state index < -0.39 is 0 Å². The minimum Gasteiger partial charge on any atom is -0.455 e. The minimum atomic E-state index is 0.917. The molecule has 0 saturated carbocycles. The first kappa shape index (κ1) is 22.4. The average Bonchev–Trinajstić information content (AvgIpc) is 3.43. The van der Waals surface area contributed by atoms with Gasteiger partial charge in [0.15, 0.2) is 0 Å². The van der Waals surface area contributed by atoms with Crippen molar-refractivity contribution in [3.8, 4) is 22.3 Å². The van der Waals surface area contributed by atoms with E-state index in [2.05, 4.69) is 146 Å². The van der Waals surface area contributed by atoms with Gasteiger partial charge in [-0.15, -0.1) is 0 Å². The van der Waals surface area contributed by atoms with Gasteiger partial charge >= 0.3 is 0 Å². The Balaban J connectivity index is 1.47. The lowest BCUT2D eigenvalue weighted by molar-refractivity contribution is 0.673. The maximum Gasteiger partial charge on any atom is 0.143 e. The molecular weight excluding hydrogens is 496 g/mol. The normalized spacial score (nSPS) is 11.9. The molecule has 0 N–H and O–H groups in total. The Labute approximate surface area is 236 Å². The van der Waals surface area contributed by atoms with Crippen LogP contribution in [0.15, 0.2) is 150 Å². The van der Waals surface area contributed by atoms with E-state index in [0.717, 1.165) is 21.9 Å². The highest BCUT2D eigenvalue weighted by Crippen LogP contribution is 2.46. The van der Waals surface area contributed by atoms with E-state index in [1.807, 2.05) is 0 Å². The van der Waals surface area contributed by atoms with Crippen molar-refractivity contribution in [2.45, 2.75) is 0 Å². The second-order valence-electron chi connectivity index (χ2n) is 10.8. The standard InChI is InChI=1S/C40H24O/c1-2-10-25(11-3-1)29-17-8-14-27-21-22-32-35(37(27)29)24-28-13-5-6-15-30(28)38(32)33-18-9-19-36-39(33)34-23-20-26-12-4-7-16-31(26)40(34)41-36/h1-24H. The quantitative estimate of drug-likeness (QED) is 0.163. The van der Waals surface area contributed by atoms with Gasteiger partial charge in [0, 0.05) is 16.2 Å². The lowest BCUT2D eigenvalue weighted by Crippen LogP contribution is -1.89. The van der Waals surface area contributed by atoms with E-state index >= 15 is 0 Å². The topological polar surface area (TPSA) is 13.1 Å². The number of benzene rings is 8. The zero-order valence-corrected chi connectivity index (χ0v) is 22.3. The Hall–Kier alpha value is -5.40. The summed E-state index contributed by atoms with van der Waals surface area (Å²) in [6, 6.07) is 52.5. The summed E-state index contributed by atoms with van der Waals surface area (Å²) in [6.07, 6.45) is 0. The highest BCUT2D eigenvalue weighted by Gasteiger charge is 2.19. The van der Waals surface area contributed by atoms with Gasteiger partial charge in [-0.1, -0.05) is 127 Å². The molecule has 0 fully saturated rings. The molecule has 0 atom stereocenters. The third-order valence-corrected chi connectivity index (χ3v) is 8.63. The third-order valence-electron chi connectivity index (χ3n) is 8.63. The zero-order chi connectivity index (χ0) is 26.9. The van der Waals surface area contributed by atoms with Crippen molar-refractivity contribution >= 4 is 65.0 Å². The Bertz CT molecular complexity index is 2460. The molecule has 1 nitrogen and oxygen atoms in total. The van der Waals surface area contributed by atoms with Gasteiger partial charge in [0.2, 0.25) is 0 Å². The molecule has 0 unspecified atom stereocenters. The Morgan fingerprint density at radius 1 is 0.366 bits per heavy atom. The molecule has 190 valence electrons. The molecule has 1 heteroatoms. The first-order valence-corrected chi connectivity index (χ1v) is 14.1. The van der Waals surface area contributed by atoms with E-state index in [0.29, 0.717) is 0 Å². The van der Waals surface area contributed by atoms with Crippen LogP contribution in [-0.4, -0.2) is 0 Å². The lowest BCUT2D eigenvalue weighted by Gasteiger charge is -2.16. The summed E-state index contributed by atoms with van der Waals surface area (Å²) in [7, 11) is 0. The van der Waals surface area contributed by atoms with E-state index in [1.165, 1.54) is 65.3 Å². The Morgan fingerprint density at radius 2 is 1.05 bits per heavy atom. The third kappa shape index (κ3) is 3.24. The van der Waals surface area contributed by atoms with Crippen LogP contribution in [0.1, 0.15) is 0 Å². The Morgan fingerprint density at radius 3 is 1.95 bits per heavy atom. The number of fused-ring (bicyclic) bond motifs is 9. The van der Waals surface area contributed by atoms with Crippen LogP contribution in [-0.2, 0) is 0 Å². The van der Waals surface area contributed by atoms with Crippen LogP contribution in [0.4, 0.5) is 0 Å². The van der Waals surface area contributed by atoms with Gasteiger partial charge in [-0.25, -0.2) is 0 Å². The largest absolute Gasteiger partial charge is 0.455 e. The van der Waals surface area contributed by atoms with Gasteiger partial charge in [-0.3, -0.25) is 0 Å². The molecule has 0 amide bonds. The van der Waals surface area contributed by atoms with Gasteiger partial charge in [-0.05, 0) is 78.2 Å². The smallest absolute Gasteiger partial charge is 0.143 e. The molecule has 0 radical (unpaired) electrons. The fraction of sp³-hybridized carbons (Fsp3) is 0. The molecule has 0 aliphatic carbocycles. The zero-order valence-electron chi connectivity index (χ0n) is 22.3. The van der Waals surface area contributed by atoms with Crippen molar-refractivity contribution in [2.24, 2.45) is 0 Å². The summed E-state index contributed by atoms with van der Waals surface area (Å²) in [5, 5.41) is 12.2. The average molecular weight is 521 g/mol. The summed E-state index contributed by atoms with van der Waals surface area (Å²) in [5.41, 5.74) is 6.82. The van der Waals surface area contributed by atoms with E-state index in [9.17, 15) is 0 Å². The first-order chi connectivity index (χ1) is 20.3. The van der Waals surface area contributed by atoms with Crippen molar-refractivity contribution < 1.29 is 4.42 Å². The van der Waals surface area contributed by atoms with Crippen LogP contribution in [0.3, 0.4) is 0 Å². The van der Waals surface area contributed by atoms with Crippen LogP contribution in [0.5, 0.6) is 0 Å². The highest BCUT2D eigenvalue weighted by molar-refractivity contribution is 6.27. The van der Waals surface area contributed by atoms with Crippen molar-refractivity contribution in [3.05, 3.63) is 146 Å². The predicted octanol–water partition coefficient (Wildman–Crippen LogP) is 11.5. The SMILES string of the molecule is c1ccc(-c2cccc3ccc4c(-c5cccc6oc7c8ccccc8ccc7c56)c5ccccc5cc4c23)cc1. The van der Waals surface area contributed by atoms with Crippen molar-refractivity contribution in [1.82, 2.24) is 0 Å². The summed E-state index contributed by atoms with van der Waals surface area (Å²) < 4.78 is 6.60. The number of hydrogen-bond donors (Lipinski definition) is 0. The molecule has 9 aromatic rings. The van der Waals surface area contributed by atoms with Crippen LogP contribution in [0.25, 0.3) is 87.3 Å². The van der Waals surface area contributed by atoms with Crippen LogP contribution >= 0.6 is 0 Å². The summed E-state index contributed by atoms with van der Waals surface area (Å²) >= 11 is 0. The molecule has 0 spiro atoms. The molecule has 0 aliphatic rings. The fourth-order valence-corrected chi connectivity index (χ4v) is 6.84. The van der Waals surface area contributed by atoms with Crippen LogP contribution < -0.4 is 0 Å². The molecular formula is C40H24O. The molecule has 0 bridgehead atoms. The number of hydrogen-bond acceptors (Lipinski definition) is 1. The van der Waals surface area contributed by atoms with Gasteiger partial charge in [0.1, 0.15) is 11.2 Å². The van der Waals surface area contributed by atoms with Crippen LogP contribution in [0, 0.1) is 0 Å². The lowest BCUT2D eigenvalue weighted by atomic mass is 9.86. The summed E-state index contributed by atoms with van der Waals surface area (Å²) in [5.74, 6) is 0. The van der Waals surface area contributed by atoms with E-state index in [1.54, 1.807) is 0 Å². The van der Waals surface area contributed by atoms with Crippen molar-refractivity contribution in [1.29, 1.82) is 0 Å². The highest BCUT2D eigenvalue weighted by atomic mass is 16.3. The maximum absolute atomic E-state index is 6.60. The Kier molecular flexibility index (Phi) is 4.67. The second-order valence-corrected chi connectivity index (χ2v) is 10.8. The van der Waals surface area contributed by atoms with Crippen molar-refractivity contribution in [2.75, 3.05) is 0 Å². The molecule has 0 aliphatic heterocycles.